The number of halogens is 2. The molecular weight excluding hydrogens is 433 g/mol. The molecule has 1 unspecified atom stereocenters. The zero-order valence-corrected chi connectivity index (χ0v) is 17.7. The third-order valence-corrected chi connectivity index (χ3v) is 5.62. The second-order valence-electron chi connectivity index (χ2n) is 7.48. The molecule has 3 aromatic carbocycles. The van der Waals surface area contributed by atoms with E-state index in [1.54, 1.807) is 12.1 Å². The number of nitrogens with zero attached hydrogens (tertiary/aromatic N) is 1. The molecule has 162 valence electrons. The van der Waals surface area contributed by atoms with Gasteiger partial charge in [0.15, 0.2) is 12.4 Å². The van der Waals surface area contributed by atoms with Gasteiger partial charge in [-0.3, -0.25) is 14.4 Å². The predicted molar refractivity (Wildman–Crippen MR) is 119 cm³/mol. The molecule has 0 aromatic heterocycles. The van der Waals surface area contributed by atoms with Crippen LogP contribution in [0.15, 0.2) is 72.8 Å². The number of benzene rings is 3. The minimum absolute atomic E-state index is 0.0478. The number of ketones is 1. The molecule has 1 atom stereocenters. The predicted octanol–water partition coefficient (Wildman–Crippen LogP) is 4.93. The molecular formula is C25H19ClFNO4. The van der Waals surface area contributed by atoms with Gasteiger partial charge in [0.05, 0.1) is 10.9 Å². The normalized spacial score (nSPS) is 15.6. The van der Waals surface area contributed by atoms with E-state index in [1.165, 1.54) is 23.1 Å². The van der Waals surface area contributed by atoms with Crippen LogP contribution in [0.4, 0.5) is 10.1 Å². The highest BCUT2D eigenvalue weighted by molar-refractivity contribution is 6.31. The first-order valence-corrected chi connectivity index (χ1v) is 10.4. The van der Waals surface area contributed by atoms with Crippen LogP contribution in [-0.2, 0) is 14.3 Å². The topological polar surface area (TPSA) is 63.7 Å². The number of rotatable bonds is 6. The molecule has 1 fully saturated rings. The Kier molecular flexibility index (Phi) is 6.32. The van der Waals surface area contributed by atoms with Crippen LogP contribution >= 0.6 is 11.6 Å². The molecule has 5 nitrogen and oxygen atoms in total. The standard InChI is InChI=1S/C25H19ClFNO4/c26-21-13-20(10-11-22(21)27)28-14-19(12-24(28)30)25(31)32-15-23(29)18-8-6-17(7-9-18)16-4-2-1-3-5-16/h1-11,13,19H,12,14-15H2. The lowest BCUT2D eigenvalue weighted by Gasteiger charge is -2.17. The van der Waals surface area contributed by atoms with Gasteiger partial charge >= 0.3 is 5.97 Å². The molecule has 7 heteroatoms. The van der Waals surface area contributed by atoms with Crippen molar-refractivity contribution in [2.45, 2.75) is 6.42 Å². The molecule has 1 heterocycles. The summed E-state index contributed by atoms with van der Waals surface area (Å²) >= 11 is 5.78. The van der Waals surface area contributed by atoms with Crippen LogP contribution in [0, 0.1) is 11.7 Å². The lowest BCUT2D eigenvalue weighted by Crippen LogP contribution is -2.27. The molecule has 1 amide bonds. The van der Waals surface area contributed by atoms with Crippen molar-refractivity contribution in [1.29, 1.82) is 0 Å². The number of amides is 1. The van der Waals surface area contributed by atoms with E-state index >= 15 is 0 Å². The zero-order valence-electron chi connectivity index (χ0n) is 17.0. The van der Waals surface area contributed by atoms with Gasteiger partial charge in [0.25, 0.3) is 0 Å². The second kappa shape index (κ2) is 9.32. The fraction of sp³-hybridized carbons (Fsp3) is 0.160. The van der Waals surface area contributed by atoms with Crippen molar-refractivity contribution in [3.8, 4) is 11.1 Å². The van der Waals surface area contributed by atoms with Crippen molar-refractivity contribution in [1.82, 2.24) is 0 Å². The number of esters is 1. The van der Waals surface area contributed by atoms with E-state index in [4.69, 9.17) is 16.3 Å². The summed E-state index contributed by atoms with van der Waals surface area (Å²) in [5, 5.41) is -0.106. The smallest absolute Gasteiger partial charge is 0.311 e. The molecule has 1 saturated heterocycles. The van der Waals surface area contributed by atoms with E-state index < -0.39 is 24.3 Å². The highest BCUT2D eigenvalue weighted by Gasteiger charge is 2.36. The lowest BCUT2D eigenvalue weighted by atomic mass is 10.0. The molecule has 0 N–H and O–H groups in total. The number of carbonyl (C=O) groups excluding carboxylic acids is 3. The number of Topliss-reactive ketones (excluding diaryl/α,β-unsaturated/α-hetero) is 1. The van der Waals surface area contributed by atoms with E-state index in [1.807, 2.05) is 42.5 Å². The van der Waals surface area contributed by atoms with Crippen molar-refractivity contribution in [3.05, 3.63) is 89.2 Å². The molecule has 0 aliphatic carbocycles. The van der Waals surface area contributed by atoms with Crippen LogP contribution in [0.5, 0.6) is 0 Å². The first kappa shape index (κ1) is 21.7. The van der Waals surface area contributed by atoms with Crippen LogP contribution in [-0.4, -0.2) is 30.8 Å². The lowest BCUT2D eigenvalue weighted by molar-refractivity contribution is -0.147. The third kappa shape index (κ3) is 4.70. The highest BCUT2D eigenvalue weighted by Crippen LogP contribution is 2.29. The van der Waals surface area contributed by atoms with Gasteiger partial charge in [-0.15, -0.1) is 0 Å². The summed E-state index contributed by atoms with van der Waals surface area (Å²) in [6, 6.07) is 20.8. The Hall–Kier alpha value is -3.51. The van der Waals surface area contributed by atoms with Gasteiger partial charge in [-0.25, -0.2) is 4.39 Å². The van der Waals surface area contributed by atoms with E-state index in [-0.39, 0.29) is 29.7 Å². The molecule has 1 aliphatic rings. The Morgan fingerprint density at radius 2 is 1.69 bits per heavy atom. The van der Waals surface area contributed by atoms with E-state index in [9.17, 15) is 18.8 Å². The molecule has 0 spiro atoms. The Labute approximate surface area is 189 Å². The van der Waals surface area contributed by atoms with Crippen LogP contribution < -0.4 is 4.90 Å². The molecule has 4 rings (SSSR count). The van der Waals surface area contributed by atoms with Crippen molar-refractivity contribution < 1.29 is 23.5 Å². The summed E-state index contributed by atoms with van der Waals surface area (Å²) in [5.41, 5.74) is 2.86. The summed E-state index contributed by atoms with van der Waals surface area (Å²) < 4.78 is 18.5. The number of ether oxygens (including phenoxy) is 1. The summed E-state index contributed by atoms with van der Waals surface area (Å²) in [5.74, 6) is -2.54. The number of hydrogen-bond acceptors (Lipinski definition) is 4. The van der Waals surface area contributed by atoms with E-state index in [2.05, 4.69) is 0 Å². The molecule has 0 saturated carbocycles. The minimum atomic E-state index is -0.709. The number of carbonyl (C=O) groups is 3. The van der Waals surface area contributed by atoms with Gasteiger partial charge in [0.2, 0.25) is 5.91 Å². The first-order chi connectivity index (χ1) is 15.4. The summed E-state index contributed by atoms with van der Waals surface area (Å²) in [6.07, 6.45) is -0.0478. The van der Waals surface area contributed by atoms with Gasteiger partial charge in [-0.1, -0.05) is 66.2 Å². The summed E-state index contributed by atoms with van der Waals surface area (Å²) in [4.78, 5) is 38.5. The fourth-order valence-electron chi connectivity index (χ4n) is 3.58. The highest BCUT2D eigenvalue weighted by atomic mass is 35.5. The van der Waals surface area contributed by atoms with E-state index in [0.717, 1.165) is 11.1 Å². The molecule has 3 aromatic rings. The van der Waals surface area contributed by atoms with Gasteiger partial charge in [0.1, 0.15) is 5.82 Å². The van der Waals surface area contributed by atoms with Gasteiger partial charge in [-0.05, 0) is 29.3 Å². The van der Waals surface area contributed by atoms with Crippen LogP contribution in [0.3, 0.4) is 0 Å². The molecule has 32 heavy (non-hydrogen) atoms. The maximum atomic E-state index is 13.4. The van der Waals surface area contributed by atoms with Crippen molar-refractivity contribution >= 4 is 34.9 Å². The van der Waals surface area contributed by atoms with Crippen molar-refractivity contribution in [2.24, 2.45) is 5.92 Å². The monoisotopic (exact) mass is 451 g/mol. The third-order valence-electron chi connectivity index (χ3n) is 5.33. The maximum Gasteiger partial charge on any atom is 0.311 e. The van der Waals surface area contributed by atoms with Crippen molar-refractivity contribution in [2.75, 3.05) is 18.1 Å². The Bertz CT molecular complexity index is 1160. The van der Waals surface area contributed by atoms with Crippen LogP contribution in [0.1, 0.15) is 16.8 Å². The van der Waals surface area contributed by atoms with Gasteiger partial charge < -0.3 is 9.64 Å². The largest absolute Gasteiger partial charge is 0.457 e. The van der Waals surface area contributed by atoms with Crippen LogP contribution in [0.25, 0.3) is 11.1 Å². The molecule has 0 radical (unpaired) electrons. The van der Waals surface area contributed by atoms with Crippen molar-refractivity contribution in [3.63, 3.8) is 0 Å². The second-order valence-corrected chi connectivity index (χ2v) is 7.89. The SMILES string of the molecule is O=C(COC(=O)C1CC(=O)N(c2ccc(F)c(Cl)c2)C1)c1ccc(-c2ccccc2)cc1. The summed E-state index contributed by atoms with van der Waals surface area (Å²) in [6.45, 7) is -0.323. The van der Waals surface area contributed by atoms with E-state index in [0.29, 0.717) is 11.3 Å². The summed E-state index contributed by atoms with van der Waals surface area (Å²) in [7, 11) is 0. The number of hydrogen-bond donors (Lipinski definition) is 0. The Morgan fingerprint density at radius 3 is 2.38 bits per heavy atom. The average Bonchev–Trinajstić information content (AvgIpc) is 3.21. The first-order valence-electron chi connectivity index (χ1n) is 10.0. The zero-order chi connectivity index (χ0) is 22.7. The Balaban J connectivity index is 1.34. The minimum Gasteiger partial charge on any atom is -0.457 e. The molecule has 0 bridgehead atoms. The molecule has 1 aliphatic heterocycles. The van der Waals surface area contributed by atoms with Crippen LogP contribution in [0.2, 0.25) is 5.02 Å². The Morgan fingerprint density at radius 1 is 1.00 bits per heavy atom. The fourth-order valence-corrected chi connectivity index (χ4v) is 3.76. The average molecular weight is 452 g/mol. The maximum absolute atomic E-state index is 13.4. The number of anilines is 1. The van der Waals surface area contributed by atoms with Gasteiger partial charge in [0, 0.05) is 24.2 Å². The van der Waals surface area contributed by atoms with Gasteiger partial charge in [-0.2, -0.15) is 0 Å². The quantitative estimate of drug-likeness (QED) is 0.394.